The Labute approximate surface area is 125 Å². The SMILES string of the molecule is CN(C)CCN(CC(=O)O)C1CCOC2(CCSC2)C1. The lowest BCUT2D eigenvalue weighted by molar-refractivity contribution is -0.141. The van der Waals surface area contributed by atoms with Crippen LogP contribution in [-0.2, 0) is 9.53 Å². The molecule has 2 aliphatic rings. The predicted molar refractivity (Wildman–Crippen MR) is 81.4 cm³/mol. The summed E-state index contributed by atoms with van der Waals surface area (Å²) in [5.74, 6) is 1.51. The number of aliphatic carboxylic acids is 1. The van der Waals surface area contributed by atoms with Crippen LogP contribution in [0.5, 0.6) is 0 Å². The van der Waals surface area contributed by atoms with Gasteiger partial charge in [-0.15, -0.1) is 0 Å². The van der Waals surface area contributed by atoms with E-state index in [4.69, 9.17) is 9.84 Å². The lowest BCUT2D eigenvalue weighted by Crippen LogP contribution is -2.51. The summed E-state index contributed by atoms with van der Waals surface area (Å²) in [6, 6.07) is 0.346. The van der Waals surface area contributed by atoms with Gasteiger partial charge in [-0.1, -0.05) is 0 Å². The second-order valence-electron chi connectivity index (χ2n) is 6.15. The minimum atomic E-state index is -0.731. The van der Waals surface area contributed by atoms with Crippen molar-refractivity contribution in [2.24, 2.45) is 0 Å². The third kappa shape index (κ3) is 4.35. The van der Waals surface area contributed by atoms with Gasteiger partial charge in [-0.25, -0.2) is 0 Å². The third-order valence-corrected chi connectivity index (χ3v) is 5.45. The van der Waals surface area contributed by atoms with Gasteiger partial charge >= 0.3 is 5.97 Å². The smallest absolute Gasteiger partial charge is 0.317 e. The number of hydrogen-bond donors (Lipinski definition) is 1. The highest BCUT2D eigenvalue weighted by atomic mass is 32.2. The molecular formula is C14H26N2O3S. The molecular weight excluding hydrogens is 276 g/mol. The molecule has 0 saturated carbocycles. The number of ether oxygens (including phenoxy) is 1. The lowest BCUT2D eigenvalue weighted by atomic mass is 9.89. The molecule has 20 heavy (non-hydrogen) atoms. The van der Waals surface area contributed by atoms with Gasteiger partial charge < -0.3 is 14.7 Å². The molecule has 0 radical (unpaired) electrons. The van der Waals surface area contributed by atoms with E-state index in [-0.39, 0.29) is 12.1 Å². The van der Waals surface area contributed by atoms with Crippen LogP contribution in [0.1, 0.15) is 19.3 Å². The van der Waals surface area contributed by atoms with Crippen molar-refractivity contribution in [1.29, 1.82) is 0 Å². The summed E-state index contributed by atoms with van der Waals surface area (Å²) in [6.45, 7) is 2.62. The van der Waals surface area contributed by atoms with Crippen molar-refractivity contribution < 1.29 is 14.6 Å². The maximum atomic E-state index is 11.1. The molecule has 0 aromatic heterocycles. The van der Waals surface area contributed by atoms with Crippen LogP contribution < -0.4 is 0 Å². The zero-order valence-electron chi connectivity index (χ0n) is 12.5. The zero-order valence-corrected chi connectivity index (χ0v) is 13.3. The fourth-order valence-corrected chi connectivity index (χ4v) is 4.45. The first-order valence-corrected chi connectivity index (χ1v) is 8.48. The Morgan fingerprint density at radius 2 is 2.25 bits per heavy atom. The Bertz CT molecular complexity index is 332. The summed E-state index contributed by atoms with van der Waals surface area (Å²) >= 11 is 1.96. The van der Waals surface area contributed by atoms with Crippen molar-refractivity contribution in [2.75, 3.05) is 51.8 Å². The molecule has 1 spiro atoms. The number of carbonyl (C=O) groups is 1. The monoisotopic (exact) mass is 302 g/mol. The van der Waals surface area contributed by atoms with E-state index >= 15 is 0 Å². The van der Waals surface area contributed by atoms with Crippen LogP contribution >= 0.6 is 11.8 Å². The first-order chi connectivity index (χ1) is 9.51. The lowest BCUT2D eigenvalue weighted by Gasteiger charge is -2.42. The fourth-order valence-electron chi connectivity index (χ4n) is 3.07. The average Bonchev–Trinajstić information content (AvgIpc) is 2.82. The zero-order chi connectivity index (χ0) is 14.6. The Morgan fingerprint density at radius 3 is 2.85 bits per heavy atom. The normalized spacial score (nSPS) is 30.5. The van der Waals surface area contributed by atoms with Gasteiger partial charge in [-0.2, -0.15) is 11.8 Å². The molecule has 0 aromatic rings. The van der Waals surface area contributed by atoms with E-state index in [2.05, 4.69) is 9.80 Å². The highest BCUT2D eigenvalue weighted by molar-refractivity contribution is 7.99. The quantitative estimate of drug-likeness (QED) is 0.790. The van der Waals surface area contributed by atoms with Crippen LogP contribution in [-0.4, -0.2) is 84.4 Å². The van der Waals surface area contributed by atoms with Crippen molar-refractivity contribution in [1.82, 2.24) is 9.80 Å². The van der Waals surface area contributed by atoms with E-state index in [1.807, 2.05) is 25.9 Å². The fraction of sp³-hybridized carbons (Fsp3) is 0.929. The van der Waals surface area contributed by atoms with Gasteiger partial charge in [0.15, 0.2) is 0 Å². The number of carboxylic acids is 1. The second kappa shape index (κ2) is 7.11. The number of hydrogen-bond acceptors (Lipinski definition) is 5. The molecule has 2 saturated heterocycles. The van der Waals surface area contributed by atoms with Crippen LogP contribution in [0.2, 0.25) is 0 Å². The maximum Gasteiger partial charge on any atom is 0.317 e. The Morgan fingerprint density at radius 1 is 1.45 bits per heavy atom. The Balaban J connectivity index is 1.97. The van der Waals surface area contributed by atoms with E-state index in [1.165, 1.54) is 5.75 Å². The van der Waals surface area contributed by atoms with Crippen molar-refractivity contribution >= 4 is 17.7 Å². The second-order valence-corrected chi connectivity index (χ2v) is 7.25. The minimum Gasteiger partial charge on any atom is -0.480 e. The van der Waals surface area contributed by atoms with Crippen LogP contribution in [0, 0.1) is 0 Å². The van der Waals surface area contributed by atoms with Gasteiger partial charge in [-0.3, -0.25) is 9.69 Å². The molecule has 116 valence electrons. The molecule has 5 nitrogen and oxygen atoms in total. The third-order valence-electron chi connectivity index (χ3n) is 4.22. The first kappa shape index (κ1) is 16.1. The molecule has 6 heteroatoms. The van der Waals surface area contributed by atoms with Crippen LogP contribution in [0.3, 0.4) is 0 Å². The topological polar surface area (TPSA) is 53.0 Å². The van der Waals surface area contributed by atoms with Gasteiger partial charge in [0.2, 0.25) is 0 Å². The maximum absolute atomic E-state index is 11.1. The van der Waals surface area contributed by atoms with E-state index in [1.54, 1.807) is 0 Å². The highest BCUT2D eigenvalue weighted by Gasteiger charge is 2.42. The summed E-state index contributed by atoms with van der Waals surface area (Å²) in [7, 11) is 4.05. The molecule has 0 aromatic carbocycles. The van der Waals surface area contributed by atoms with E-state index < -0.39 is 5.97 Å². The number of likely N-dealkylation sites (N-methyl/N-ethyl adjacent to an activating group) is 1. The molecule has 0 amide bonds. The summed E-state index contributed by atoms with van der Waals surface area (Å²) in [5.41, 5.74) is 0.0163. The van der Waals surface area contributed by atoms with Gasteiger partial charge in [0, 0.05) is 31.5 Å². The predicted octanol–water partition coefficient (Wildman–Crippen LogP) is 0.989. The van der Waals surface area contributed by atoms with Gasteiger partial charge in [0.05, 0.1) is 12.1 Å². The minimum absolute atomic E-state index is 0.0163. The Hall–Kier alpha value is -0.300. The number of thioether (sulfide) groups is 1. The van der Waals surface area contributed by atoms with Crippen molar-refractivity contribution in [3.63, 3.8) is 0 Å². The first-order valence-electron chi connectivity index (χ1n) is 7.33. The standard InChI is InChI=1S/C14H26N2O3S/c1-15(2)5-6-16(10-13(17)18)12-3-7-19-14(9-12)4-8-20-11-14/h12H,3-11H2,1-2H3,(H,17,18). The molecule has 2 fully saturated rings. The van der Waals surface area contributed by atoms with Crippen molar-refractivity contribution in [3.8, 4) is 0 Å². The van der Waals surface area contributed by atoms with E-state index in [9.17, 15) is 4.79 Å². The molecule has 2 atom stereocenters. The molecule has 2 aliphatic heterocycles. The van der Waals surface area contributed by atoms with Crippen LogP contribution in [0.25, 0.3) is 0 Å². The molecule has 1 N–H and O–H groups in total. The Kier molecular flexibility index (Phi) is 5.72. The molecule has 2 unspecified atom stereocenters. The van der Waals surface area contributed by atoms with Gasteiger partial charge in [0.1, 0.15) is 0 Å². The van der Waals surface area contributed by atoms with E-state index in [0.717, 1.165) is 44.7 Å². The summed E-state index contributed by atoms with van der Waals surface area (Å²) in [6.07, 6.45) is 3.05. The average molecular weight is 302 g/mol. The molecule has 2 heterocycles. The number of carboxylic acid groups (broad SMARTS) is 1. The van der Waals surface area contributed by atoms with Crippen molar-refractivity contribution in [3.05, 3.63) is 0 Å². The molecule has 0 aliphatic carbocycles. The largest absolute Gasteiger partial charge is 0.480 e. The molecule has 2 rings (SSSR count). The highest BCUT2D eigenvalue weighted by Crippen LogP contribution is 2.39. The van der Waals surface area contributed by atoms with Crippen molar-refractivity contribution in [2.45, 2.75) is 30.9 Å². The number of rotatable bonds is 6. The van der Waals surface area contributed by atoms with Crippen LogP contribution in [0.4, 0.5) is 0 Å². The summed E-state index contributed by atoms with van der Waals surface area (Å²) in [4.78, 5) is 15.4. The summed E-state index contributed by atoms with van der Waals surface area (Å²) < 4.78 is 6.03. The van der Waals surface area contributed by atoms with Gasteiger partial charge in [-0.05, 0) is 39.1 Å². The van der Waals surface area contributed by atoms with E-state index in [0.29, 0.717) is 6.04 Å². The number of nitrogens with zero attached hydrogens (tertiary/aromatic N) is 2. The van der Waals surface area contributed by atoms with Crippen LogP contribution in [0.15, 0.2) is 0 Å². The van der Waals surface area contributed by atoms with Gasteiger partial charge in [0.25, 0.3) is 0 Å². The molecule has 0 bridgehead atoms. The summed E-state index contributed by atoms with van der Waals surface area (Å²) in [5, 5.41) is 9.15.